The quantitative estimate of drug-likeness (QED) is 0.332. The summed E-state index contributed by atoms with van der Waals surface area (Å²) < 4.78 is 15.8. The van der Waals surface area contributed by atoms with Crippen LogP contribution in [0.3, 0.4) is 0 Å². The highest BCUT2D eigenvalue weighted by atomic mass is 35.5. The van der Waals surface area contributed by atoms with Crippen molar-refractivity contribution in [1.82, 2.24) is 4.98 Å². The first-order chi connectivity index (χ1) is 14.0. The SMILES string of the molecule is CCOC(=O)Nc1ccc2c(CSc3nc4cc(Cl)ccc4o3)cc(=O)oc2c1. The Bertz CT molecular complexity index is 1270. The molecule has 0 radical (unpaired) electrons. The van der Waals surface area contributed by atoms with Crippen LogP contribution in [0.4, 0.5) is 10.5 Å². The highest BCUT2D eigenvalue weighted by molar-refractivity contribution is 7.98. The number of fused-ring (bicyclic) bond motifs is 2. The normalized spacial score (nSPS) is 11.1. The molecule has 0 aliphatic heterocycles. The first-order valence-electron chi connectivity index (χ1n) is 8.71. The number of aromatic nitrogens is 1. The Kier molecular flexibility index (Phi) is 5.46. The number of nitrogens with zero attached hydrogens (tertiary/aromatic N) is 1. The number of hydrogen-bond donors (Lipinski definition) is 1. The molecule has 0 unspecified atom stereocenters. The van der Waals surface area contributed by atoms with E-state index in [9.17, 15) is 9.59 Å². The van der Waals surface area contributed by atoms with E-state index in [2.05, 4.69) is 10.3 Å². The number of anilines is 1. The average Bonchev–Trinajstić information content (AvgIpc) is 3.07. The van der Waals surface area contributed by atoms with Crippen LogP contribution in [0.25, 0.3) is 22.1 Å². The van der Waals surface area contributed by atoms with E-state index >= 15 is 0 Å². The fourth-order valence-electron chi connectivity index (χ4n) is 2.79. The van der Waals surface area contributed by atoms with Crippen molar-refractivity contribution in [2.24, 2.45) is 0 Å². The van der Waals surface area contributed by atoms with Gasteiger partial charge in [0, 0.05) is 34.0 Å². The maximum absolute atomic E-state index is 12.0. The van der Waals surface area contributed by atoms with Gasteiger partial charge >= 0.3 is 11.7 Å². The van der Waals surface area contributed by atoms with E-state index in [1.54, 1.807) is 43.3 Å². The highest BCUT2D eigenvalue weighted by Gasteiger charge is 2.12. The van der Waals surface area contributed by atoms with Crippen LogP contribution >= 0.6 is 23.4 Å². The molecule has 4 aromatic rings. The molecule has 4 rings (SSSR count). The number of amides is 1. The number of hydrogen-bond acceptors (Lipinski definition) is 7. The molecule has 2 heterocycles. The van der Waals surface area contributed by atoms with Gasteiger partial charge in [-0.2, -0.15) is 0 Å². The molecule has 0 fully saturated rings. The molecular formula is C20H15ClN2O5S. The molecule has 0 aliphatic rings. The van der Waals surface area contributed by atoms with Crippen molar-refractivity contribution in [1.29, 1.82) is 0 Å². The van der Waals surface area contributed by atoms with Gasteiger partial charge in [-0.3, -0.25) is 5.32 Å². The van der Waals surface area contributed by atoms with Crippen molar-refractivity contribution < 1.29 is 18.4 Å². The second-order valence-corrected chi connectivity index (χ2v) is 7.39. The summed E-state index contributed by atoms with van der Waals surface area (Å²) >= 11 is 7.34. The van der Waals surface area contributed by atoms with Gasteiger partial charge in [0.05, 0.1) is 6.61 Å². The van der Waals surface area contributed by atoms with Crippen LogP contribution < -0.4 is 10.9 Å². The van der Waals surface area contributed by atoms with E-state index in [-0.39, 0.29) is 6.61 Å². The predicted molar refractivity (Wildman–Crippen MR) is 112 cm³/mol. The third kappa shape index (κ3) is 4.38. The van der Waals surface area contributed by atoms with E-state index in [1.807, 2.05) is 0 Å². The third-order valence-electron chi connectivity index (χ3n) is 4.03. The summed E-state index contributed by atoms with van der Waals surface area (Å²) in [5.74, 6) is 0.452. The first kappa shape index (κ1) is 19.4. The Morgan fingerprint density at radius 1 is 1.17 bits per heavy atom. The Hall–Kier alpha value is -2.97. The molecule has 1 N–H and O–H groups in total. The summed E-state index contributed by atoms with van der Waals surface area (Å²) in [5.41, 5.74) is 2.44. The molecule has 0 saturated carbocycles. The molecule has 148 valence electrons. The van der Waals surface area contributed by atoms with Gasteiger partial charge in [-0.15, -0.1) is 0 Å². The van der Waals surface area contributed by atoms with Gasteiger partial charge in [-0.25, -0.2) is 14.6 Å². The van der Waals surface area contributed by atoms with Crippen LogP contribution in [0.1, 0.15) is 12.5 Å². The Morgan fingerprint density at radius 3 is 2.86 bits per heavy atom. The van der Waals surface area contributed by atoms with Gasteiger partial charge in [0.2, 0.25) is 0 Å². The van der Waals surface area contributed by atoms with Crippen molar-refractivity contribution in [2.45, 2.75) is 17.9 Å². The van der Waals surface area contributed by atoms with E-state index < -0.39 is 11.7 Å². The molecule has 0 atom stereocenters. The number of carbonyl (C=O) groups excluding carboxylic acids is 1. The monoisotopic (exact) mass is 430 g/mol. The second kappa shape index (κ2) is 8.18. The molecule has 9 heteroatoms. The van der Waals surface area contributed by atoms with Crippen molar-refractivity contribution in [2.75, 3.05) is 11.9 Å². The summed E-state index contributed by atoms with van der Waals surface area (Å²) in [5, 5.41) is 4.40. The summed E-state index contributed by atoms with van der Waals surface area (Å²) in [6.45, 7) is 1.98. The molecule has 29 heavy (non-hydrogen) atoms. The Labute approximate surface area is 174 Å². The minimum Gasteiger partial charge on any atom is -0.450 e. The largest absolute Gasteiger partial charge is 0.450 e. The summed E-state index contributed by atoms with van der Waals surface area (Å²) in [6.07, 6.45) is -0.572. The Morgan fingerprint density at radius 2 is 2.03 bits per heavy atom. The molecule has 7 nitrogen and oxygen atoms in total. The molecule has 0 aliphatic carbocycles. The zero-order valence-corrected chi connectivity index (χ0v) is 16.8. The molecule has 0 bridgehead atoms. The number of rotatable bonds is 5. The number of ether oxygens (including phenoxy) is 1. The smallest absolute Gasteiger partial charge is 0.411 e. The molecule has 0 saturated heterocycles. The maximum atomic E-state index is 12.0. The van der Waals surface area contributed by atoms with Gasteiger partial charge in [0.15, 0.2) is 5.58 Å². The fourth-order valence-corrected chi connectivity index (χ4v) is 3.79. The molecule has 1 amide bonds. The number of nitrogens with one attached hydrogen (secondary N) is 1. The van der Waals surface area contributed by atoms with Crippen LogP contribution in [-0.2, 0) is 10.5 Å². The van der Waals surface area contributed by atoms with Crippen molar-refractivity contribution >= 4 is 57.2 Å². The zero-order chi connectivity index (χ0) is 20.4. The topological polar surface area (TPSA) is 94.6 Å². The molecular weight excluding hydrogens is 416 g/mol. The van der Waals surface area contributed by atoms with Gasteiger partial charge < -0.3 is 13.6 Å². The van der Waals surface area contributed by atoms with Gasteiger partial charge in [-0.05, 0) is 42.8 Å². The van der Waals surface area contributed by atoms with Crippen LogP contribution in [-0.4, -0.2) is 17.7 Å². The van der Waals surface area contributed by atoms with Gasteiger partial charge in [-0.1, -0.05) is 23.4 Å². The van der Waals surface area contributed by atoms with Crippen LogP contribution in [0.2, 0.25) is 5.02 Å². The van der Waals surface area contributed by atoms with Crippen molar-refractivity contribution in [3.63, 3.8) is 0 Å². The second-order valence-electron chi connectivity index (χ2n) is 6.03. The van der Waals surface area contributed by atoms with Crippen LogP contribution in [0.15, 0.2) is 61.3 Å². The Balaban J connectivity index is 1.59. The first-order valence-corrected chi connectivity index (χ1v) is 10.1. The lowest BCUT2D eigenvalue weighted by molar-refractivity contribution is 0.168. The third-order valence-corrected chi connectivity index (χ3v) is 5.15. The summed E-state index contributed by atoms with van der Waals surface area (Å²) in [6, 6.07) is 11.8. The predicted octanol–water partition coefficient (Wildman–Crippen LogP) is 5.45. The minimum absolute atomic E-state index is 0.262. The van der Waals surface area contributed by atoms with Crippen LogP contribution in [0.5, 0.6) is 0 Å². The van der Waals surface area contributed by atoms with E-state index in [0.29, 0.717) is 38.4 Å². The molecule has 2 aromatic carbocycles. The number of oxazole rings is 1. The number of thioether (sulfide) groups is 1. The molecule has 0 spiro atoms. The van der Waals surface area contributed by atoms with Crippen molar-refractivity contribution in [3.05, 3.63) is 63.5 Å². The maximum Gasteiger partial charge on any atom is 0.411 e. The standard InChI is InChI=1S/C20H15ClN2O5S/c1-2-26-19(25)22-13-4-5-14-11(7-18(24)27-17(14)9-13)10-29-20-23-15-8-12(21)3-6-16(15)28-20/h3-9H,2,10H2,1H3,(H,22,25). The lowest BCUT2D eigenvalue weighted by Gasteiger charge is -2.08. The van der Waals surface area contributed by atoms with E-state index in [0.717, 1.165) is 10.9 Å². The number of carbonyl (C=O) groups is 1. The number of benzene rings is 2. The summed E-state index contributed by atoms with van der Waals surface area (Å²) in [7, 11) is 0. The molecule has 2 aromatic heterocycles. The lowest BCUT2D eigenvalue weighted by Crippen LogP contribution is -2.13. The van der Waals surface area contributed by atoms with Crippen LogP contribution in [0, 0.1) is 0 Å². The van der Waals surface area contributed by atoms with Crippen molar-refractivity contribution in [3.8, 4) is 0 Å². The van der Waals surface area contributed by atoms with E-state index in [1.165, 1.54) is 17.8 Å². The lowest BCUT2D eigenvalue weighted by atomic mass is 10.1. The zero-order valence-electron chi connectivity index (χ0n) is 15.2. The minimum atomic E-state index is -0.572. The average molecular weight is 431 g/mol. The van der Waals surface area contributed by atoms with E-state index in [4.69, 9.17) is 25.2 Å². The number of halogens is 1. The summed E-state index contributed by atoms with van der Waals surface area (Å²) in [4.78, 5) is 28.0. The van der Waals surface area contributed by atoms with Gasteiger partial charge in [0.25, 0.3) is 5.22 Å². The van der Waals surface area contributed by atoms with Gasteiger partial charge in [0.1, 0.15) is 11.1 Å². The fraction of sp³-hybridized carbons (Fsp3) is 0.150. The highest BCUT2D eigenvalue weighted by Crippen LogP contribution is 2.30.